The third-order valence-corrected chi connectivity index (χ3v) is 6.67. The molecule has 0 rings (SSSR count). The van der Waals surface area contributed by atoms with E-state index in [1.807, 2.05) is 9.44 Å². The zero-order valence-electron chi connectivity index (χ0n) is 13.5. The lowest BCUT2D eigenvalue weighted by molar-refractivity contribution is -0.142. The fraction of sp³-hybridized carbons (Fsp3) is 0.818. The first-order chi connectivity index (χ1) is 10.2. The highest BCUT2D eigenvalue weighted by Crippen LogP contribution is 2.15. The maximum atomic E-state index is 12.0. The Morgan fingerprint density at radius 3 is 2.04 bits per heavy atom. The Labute approximate surface area is 136 Å². The molecular weight excluding hydrogens is 350 g/mol. The van der Waals surface area contributed by atoms with Gasteiger partial charge in [0.1, 0.15) is 17.9 Å². The molecule has 0 spiro atoms. The zero-order chi connectivity index (χ0) is 18.5. The number of nitrogens with one attached hydrogen (secondary N) is 2. The van der Waals surface area contributed by atoms with Crippen LogP contribution in [0.4, 0.5) is 0 Å². The van der Waals surface area contributed by atoms with E-state index < -0.39 is 61.6 Å². The Bertz CT molecular complexity index is 639. The molecule has 10 nitrogen and oxygen atoms in total. The fourth-order valence-corrected chi connectivity index (χ4v) is 2.66. The first kappa shape index (κ1) is 21.8. The van der Waals surface area contributed by atoms with Crippen molar-refractivity contribution in [1.82, 2.24) is 9.44 Å². The fourth-order valence-electron chi connectivity index (χ4n) is 1.07. The molecule has 12 heteroatoms. The smallest absolute Gasteiger partial charge is 0.321 e. The van der Waals surface area contributed by atoms with Gasteiger partial charge in [-0.2, -0.15) is 0 Å². The van der Waals surface area contributed by atoms with Gasteiger partial charge >= 0.3 is 5.97 Å². The standard InChI is InChI=1S/C11H23N3O7S2/c1-8(2)22(17,18)13-6-10(16)21-7-11(3,4)23(19,20)14-5-9(12)15/h8,13-14H,5-7H2,1-4H3,(H2,12,15). The van der Waals surface area contributed by atoms with Crippen LogP contribution in [0.2, 0.25) is 0 Å². The Morgan fingerprint density at radius 1 is 1.09 bits per heavy atom. The van der Waals surface area contributed by atoms with Crippen LogP contribution in [0.5, 0.6) is 0 Å². The molecule has 0 unspecified atom stereocenters. The molecule has 0 aliphatic heterocycles. The van der Waals surface area contributed by atoms with E-state index in [-0.39, 0.29) is 0 Å². The van der Waals surface area contributed by atoms with E-state index in [4.69, 9.17) is 10.5 Å². The Balaban J connectivity index is 4.59. The van der Waals surface area contributed by atoms with Gasteiger partial charge in [-0.1, -0.05) is 0 Å². The number of sulfonamides is 2. The topological polar surface area (TPSA) is 162 Å². The van der Waals surface area contributed by atoms with Crippen molar-refractivity contribution >= 4 is 31.9 Å². The van der Waals surface area contributed by atoms with Crippen molar-refractivity contribution in [1.29, 1.82) is 0 Å². The SMILES string of the molecule is CC(C)S(=O)(=O)NCC(=O)OCC(C)(C)S(=O)(=O)NCC(N)=O. The van der Waals surface area contributed by atoms with Gasteiger partial charge in [-0.15, -0.1) is 0 Å². The molecule has 0 bridgehead atoms. The second kappa shape index (κ2) is 8.04. The normalized spacial score (nSPS) is 13.1. The third-order valence-electron chi connectivity index (χ3n) is 2.78. The molecule has 0 saturated heterocycles. The van der Waals surface area contributed by atoms with Crippen molar-refractivity contribution in [3.05, 3.63) is 0 Å². The highest BCUT2D eigenvalue weighted by atomic mass is 32.2. The van der Waals surface area contributed by atoms with Crippen molar-refractivity contribution in [3.63, 3.8) is 0 Å². The summed E-state index contributed by atoms with van der Waals surface area (Å²) in [4.78, 5) is 22.1. The van der Waals surface area contributed by atoms with E-state index in [0.717, 1.165) is 0 Å². The minimum Gasteiger partial charge on any atom is -0.463 e. The Morgan fingerprint density at radius 2 is 1.61 bits per heavy atom. The maximum Gasteiger partial charge on any atom is 0.321 e. The van der Waals surface area contributed by atoms with Crippen LogP contribution in [0, 0.1) is 0 Å². The molecule has 0 radical (unpaired) electrons. The minimum atomic E-state index is -3.97. The van der Waals surface area contributed by atoms with Crippen LogP contribution < -0.4 is 15.2 Å². The summed E-state index contributed by atoms with van der Waals surface area (Å²) in [7, 11) is -7.60. The van der Waals surface area contributed by atoms with E-state index in [0.29, 0.717) is 0 Å². The van der Waals surface area contributed by atoms with Gasteiger partial charge in [-0.25, -0.2) is 26.3 Å². The van der Waals surface area contributed by atoms with Crippen molar-refractivity contribution in [3.8, 4) is 0 Å². The first-order valence-corrected chi connectivity index (χ1v) is 9.66. The molecule has 1 amide bonds. The summed E-state index contributed by atoms with van der Waals surface area (Å²) in [6.45, 7) is 3.73. The molecule has 0 saturated carbocycles. The maximum absolute atomic E-state index is 12.0. The molecule has 0 heterocycles. The summed E-state index contributed by atoms with van der Waals surface area (Å²) in [6, 6.07) is 0. The summed E-state index contributed by atoms with van der Waals surface area (Å²) >= 11 is 0. The number of rotatable bonds is 10. The number of primary amides is 1. The monoisotopic (exact) mass is 373 g/mol. The molecule has 4 N–H and O–H groups in total. The summed E-state index contributed by atoms with van der Waals surface area (Å²) < 4.78 is 54.1. The Hall–Kier alpha value is -1.24. The van der Waals surface area contributed by atoms with E-state index in [2.05, 4.69) is 0 Å². The van der Waals surface area contributed by atoms with Crippen LogP contribution in [0.1, 0.15) is 27.7 Å². The number of nitrogens with two attached hydrogens (primary N) is 1. The summed E-state index contributed by atoms with van der Waals surface area (Å²) in [5, 5.41) is -0.717. The predicted molar refractivity (Wildman–Crippen MR) is 83.2 cm³/mol. The van der Waals surface area contributed by atoms with E-state index in [9.17, 15) is 26.4 Å². The van der Waals surface area contributed by atoms with Gasteiger partial charge in [-0.3, -0.25) is 9.59 Å². The number of hydrogen-bond acceptors (Lipinski definition) is 7. The van der Waals surface area contributed by atoms with Crippen LogP contribution in [0.15, 0.2) is 0 Å². The van der Waals surface area contributed by atoms with Crippen molar-refractivity contribution < 1.29 is 31.2 Å². The van der Waals surface area contributed by atoms with Crippen LogP contribution in [0.3, 0.4) is 0 Å². The quantitative estimate of drug-likeness (QED) is 0.374. The second-order valence-electron chi connectivity index (χ2n) is 5.63. The van der Waals surface area contributed by atoms with Crippen molar-refractivity contribution in [2.45, 2.75) is 37.7 Å². The van der Waals surface area contributed by atoms with E-state index >= 15 is 0 Å². The molecular formula is C11H23N3O7S2. The lowest BCUT2D eigenvalue weighted by Gasteiger charge is -2.24. The van der Waals surface area contributed by atoms with Crippen molar-refractivity contribution in [2.75, 3.05) is 19.7 Å². The third kappa shape index (κ3) is 7.24. The number of amides is 1. The highest BCUT2D eigenvalue weighted by Gasteiger charge is 2.36. The van der Waals surface area contributed by atoms with Crippen LogP contribution in [0.25, 0.3) is 0 Å². The second-order valence-corrected chi connectivity index (χ2v) is 10.3. The number of esters is 1. The largest absolute Gasteiger partial charge is 0.463 e. The van der Waals surface area contributed by atoms with Gasteiger partial charge in [0.2, 0.25) is 26.0 Å². The Kier molecular flexibility index (Phi) is 7.60. The van der Waals surface area contributed by atoms with Gasteiger partial charge in [0.15, 0.2) is 0 Å². The number of carbonyl (C=O) groups is 2. The van der Waals surface area contributed by atoms with Gasteiger partial charge in [0, 0.05) is 0 Å². The highest BCUT2D eigenvalue weighted by molar-refractivity contribution is 7.91. The average Bonchev–Trinajstić information content (AvgIpc) is 2.40. The van der Waals surface area contributed by atoms with E-state index in [1.54, 1.807) is 0 Å². The summed E-state index contributed by atoms with van der Waals surface area (Å²) in [6.07, 6.45) is 0. The molecule has 0 aliphatic rings. The minimum absolute atomic E-state index is 0.524. The van der Waals surface area contributed by atoms with Crippen LogP contribution in [-0.2, 0) is 34.4 Å². The van der Waals surface area contributed by atoms with Crippen LogP contribution >= 0.6 is 0 Å². The molecule has 23 heavy (non-hydrogen) atoms. The molecule has 0 atom stereocenters. The molecule has 0 fully saturated rings. The number of carbonyl (C=O) groups excluding carboxylic acids is 2. The van der Waals surface area contributed by atoms with E-state index in [1.165, 1.54) is 27.7 Å². The number of ether oxygens (including phenoxy) is 1. The molecule has 0 aromatic carbocycles. The van der Waals surface area contributed by atoms with Gasteiger partial charge in [0.05, 0.1) is 11.8 Å². The van der Waals surface area contributed by atoms with Gasteiger partial charge < -0.3 is 10.5 Å². The lowest BCUT2D eigenvalue weighted by atomic mass is 10.2. The zero-order valence-corrected chi connectivity index (χ0v) is 15.1. The molecule has 0 aromatic heterocycles. The molecule has 0 aromatic rings. The van der Waals surface area contributed by atoms with Gasteiger partial charge in [0.25, 0.3) is 0 Å². The van der Waals surface area contributed by atoms with Gasteiger partial charge in [-0.05, 0) is 27.7 Å². The summed E-state index contributed by atoms with van der Waals surface area (Å²) in [5.41, 5.74) is 4.85. The predicted octanol–water partition coefficient (Wildman–Crippen LogP) is -1.96. The molecule has 136 valence electrons. The van der Waals surface area contributed by atoms with Crippen LogP contribution in [-0.4, -0.2) is 58.4 Å². The van der Waals surface area contributed by atoms with Crippen molar-refractivity contribution in [2.24, 2.45) is 5.73 Å². The summed E-state index contributed by atoms with van der Waals surface area (Å²) in [5.74, 6) is -1.78. The molecule has 0 aliphatic carbocycles. The number of hydrogen-bond donors (Lipinski definition) is 3. The average molecular weight is 373 g/mol. The first-order valence-electron chi connectivity index (χ1n) is 6.63. The lowest BCUT2D eigenvalue weighted by Crippen LogP contribution is -2.48.